The normalized spacial score (nSPS) is 12.3. The SMILES string of the molecule is CCCCCCCCCCCCCCCCCCCCCCCCCC(=O)O[C@H](COC(=O)CCCCCCCCCCCCC)COP(=O)(O)O. The number of rotatable bonds is 42. The number of hydrogen-bond acceptors (Lipinski definition) is 6. The molecule has 0 aliphatic rings. The maximum absolute atomic E-state index is 12.4. The molecule has 0 fully saturated rings. The summed E-state index contributed by atoms with van der Waals surface area (Å²) in [4.78, 5) is 42.8. The van der Waals surface area contributed by atoms with Crippen molar-refractivity contribution in [2.24, 2.45) is 0 Å². The summed E-state index contributed by atoms with van der Waals surface area (Å²) in [6.45, 7) is 3.71. The highest BCUT2D eigenvalue weighted by Gasteiger charge is 2.23. The molecule has 0 unspecified atom stereocenters. The molecule has 1 atom stereocenters. The van der Waals surface area contributed by atoms with Gasteiger partial charge in [-0.3, -0.25) is 14.1 Å². The number of ether oxygens (including phenoxy) is 2. The minimum atomic E-state index is -4.74. The van der Waals surface area contributed by atoms with Gasteiger partial charge in [-0.25, -0.2) is 4.57 Å². The molecular formula is C43H85O8P. The Hall–Kier alpha value is -0.950. The molecular weight excluding hydrogens is 675 g/mol. The second-order valence-electron chi connectivity index (χ2n) is 15.4. The summed E-state index contributed by atoms with van der Waals surface area (Å²) in [5.74, 6) is -0.868. The molecule has 0 rings (SSSR count). The molecule has 0 saturated carbocycles. The molecule has 52 heavy (non-hydrogen) atoms. The van der Waals surface area contributed by atoms with E-state index in [0.717, 1.165) is 32.1 Å². The van der Waals surface area contributed by atoms with Crippen molar-refractivity contribution in [3.8, 4) is 0 Å². The van der Waals surface area contributed by atoms with E-state index in [1.807, 2.05) is 0 Å². The highest BCUT2D eigenvalue weighted by molar-refractivity contribution is 7.46. The van der Waals surface area contributed by atoms with Crippen LogP contribution >= 0.6 is 7.82 Å². The molecule has 0 aromatic rings. The quantitative estimate of drug-likeness (QED) is 0.0358. The minimum absolute atomic E-state index is 0.221. The van der Waals surface area contributed by atoms with Gasteiger partial charge in [0.1, 0.15) is 6.61 Å². The van der Waals surface area contributed by atoms with Crippen molar-refractivity contribution in [2.75, 3.05) is 13.2 Å². The molecule has 0 aromatic carbocycles. The van der Waals surface area contributed by atoms with Crippen LogP contribution in [0.25, 0.3) is 0 Å². The van der Waals surface area contributed by atoms with Crippen LogP contribution in [0.5, 0.6) is 0 Å². The van der Waals surface area contributed by atoms with Crippen LogP contribution in [-0.2, 0) is 28.2 Å². The smallest absolute Gasteiger partial charge is 0.462 e. The van der Waals surface area contributed by atoms with Gasteiger partial charge >= 0.3 is 19.8 Å². The van der Waals surface area contributed by atoms with Crippen LogP contribution in [0.15, 0.2) is 0 Å². The van der Waals surface area contributed by atoms with Crippen molar-refractivity contribution in [1.82, 2.24) is 0 Å². The molecule has 0 aliphatic heterocycles. The fraction of sp³-hybridized carbons (Fsp3) is 0.953. The fourth-order valence-corrected chi connectivity index (χ4v) is 7.15. The zero-order valence-corrected chi connectivity index (χ0v) is 35.1. The Morgan fingerprint density at radius 3 is 0.981 bits per heavy atom. The third-order valence-electron chi connectivity index (χ3n) is 10.1. The number of carbonyl (C=O) groups is 2. The van der Waals surface area contributed by atoms with Gasteiger partial charge in [0.15, 0.2) is 6.10 Å². The van der Waals surface area contributed by atoms with Gasteiger partial charge in [-0.2, -0.15) is 0 Å². The molecule has 0 saturated heterocycles. The third-order valence-corrected chi connectivity index (χ3v) is 10.6. The van der Waals surface area contributed by atoms with Gasteiger partial charge in [-0.1, -0.05) is 219 Å². The van der Waals surface area contributed by atoms with E-state index < -0.39 is 32.5 Å². The van der Waals surface area contributed by atoms with Crippen molar-refractivity contribution < 1.29 is 37.9 Å². The standard InChI is InChI=1S/C43H85O8P/c1-3-5-7-9-11-13-15-16-17-18-19-20-21-22-23-24-25-26-28-30-32-34-36-38-43(45)51-41(40-50-52(46,47)48)39-49-42(44)37-35-33-31-29-27-14-12-10-8-6-4-2/h41H,3-40H2,1-2H3,(H2,46,47,48)/t41-/m1/s1. The van der Waals surface area contributed by atoms with Crippen molar-refractivity contribution >= 4 is 19.8 Å². The van der Waals surface area contributed by atoms with E-state index in [-0.39, 0.29) is 19.4 Å². The van der Waals surface area contributed by atoms with E-state index >= 15 is 0 Å². The molecule has 0 aliphatic carbocycles. The molecule has 0 spiro atoms. The Kier molecular flexibility index (Phi) is 39.0. The Bertz CT molecular complexity index is 817. The van der Waals surface area contributed by atoms with Crippen LogP contribution in [0, 0.1) is 0 Å². The molecule has 310 valence electrons. The first-order valence-corrected chi connectivity index (χ1v) is 23.9. The average Bonchev–Trinajstić information content (AvgIpc) is 3.11. The van der Waals surface area contributed by atoms with Crippen molar-refractivity contribution in [2.45, 2.75) is 251 Å². The zero-order chi connectivity index (χ0) is 38.2. The summed E-state index contributed by atoms with van der Waals surface area (Å²) in [7, 11) is -4.74. The Morgan fingerprint density at radius 2 is 0.692 bits per heavy atom. The van der Waals surface area contributed by atoms with Crippen LogP contribution < -0.4 is 0 Å². The molecule has 0 bridgehead atoms. The topological polar surface area (TPSA) is 119 Å². The lowest BCUT2D eigenvalue weighted by molar-refractivity contribution is -0.161. The van der Waals surface area contributed by atoms with Gasteiger partial charge < -0.3 is 19.3 Å². The zero-order valence-electron chi connectivity index (χ0n) is 34.2. The second-order valence-corrected chi connectivity index (χ2v) is 16.6. The first-order valence-electron chi connectivity index (χ1n) is 22.3. The molecule has 0 aromatic heterocycles. The van der Waals surface area contributed by atoms with Crippen LogP contribution in [0.3, 0.4) is 0 Å². The van der Waals surface area contributed by atoms with Crippen LogP contribution in [0.4, 0.5) is 0 Å². The molecule has 0 amide bonds. The number of hydrogen-bond donors (Lipinski definition) is 2. The van der Waals surface area contributed by atoms with Gasteiger partial charge in [0.25, 0.3) is 0 Å². The average molecular weight is 761 g/mol. The highest BCUT2D eigenvalue weighted by atomic mass is 31.2. The first kappa shape index (κ1) is 51.0. The van der Waals surface area contributed by atoms with Crippen LogP contribution in [0.2, 0.25) is 0 Å². The van der Waals surface area contributed by atoms with Gasteiger partial charge in [0.05, 0.1) is 6.61 Å². The van der Waals surface area contributed by atoms with E-state index in [1.165, 1.54) is 180 Å². The predicted molar refractivity (Wildman–Crippen MR) is 216 cm³/mol. The van der Waals surface area contributed by atoms with Gasteiger partial charge in [-0.15, -0.1) is 0 Å². The summed E-state index contributed by atoms with van der Waals surface area (Å²) < 4.78 is 26.4. The predicted octanol–water partition coefficient (Wildman–Crippen LogP) is 13.6. The lowest BCUT2D eigenvalue weighted by Gasteiger charge is -2.18. The molecule has 8 nitrogen and oxygen atoms in total. The van der Waals surface area contributed by atoms with Gasteiger partial charge in [-0.05, 0) is 12.8 Å². The molecule has 2 N–H and O–H groups in total. The molecule has 0 heterocycles. The van der Waals surface area contributed by atoms with Gasteiger partial charge in [0, 0.05) is 12.8 Å². The summed E-state index contributed by atoms with van der Waals surface area (Å²) in [6, 6.07) is 0. The minimum Gasteiger partial charge on any atom is -0.462 e. The van der Waals surface area contributed by atoms with E-state index in [1.54, 1.807) is 0 Å². The second kappa shape index (κ2) is 39.7. The Morgan fingerprint density at radius 1 is 0.423 bits per heavy atom. The maximum Gasteiger partial charge on any atom is 0.469 e. The van der Waals surface area contributed by atoms with Crippen LogP contribution in [-0.4, -0.2) is 41.0 Å². The van der Waals surface area contributed by atoms with E-state index in [9.17, 15) is 14.2 Å². The van der Waals surface area contributed by atoms with Crippen molar-refractivity contribution in [3.05, 3.63) is 0 Å². The Balaban J connectivity index is 3.76. The lowest BCUT2D eigenvalue weighted by atomic mass is 10.0. The third kappa shape index (κ3) is 41.8. The summed E-state index contributed by atoms with van der Waals surface area (Å²) in [6.07, 6.45) is 42.7. The first-order chi connectivity index (χ1) is 25.3. The molecule has 0 radical (unpaired) electrons. The highest BCUT2D eigenvalue weighted by Crippen LogP contribution is 2.36. The summed E-state index contributed by atoms with van der Waals surface area (Å²) in [5.41, 5.74) is 0. The van der Waals surface area contributed by atoms with E-state index in [4.69, 9.17) is 19.3 Å². The Labute approximate surface area is 321 Å². The maximum atomic E-state index is 12.4. The van der Waals surface area contributed by atoms with Crippen molar-refractivity contribution in [1.29, 1.82) is 0 Å². The number of unbranched alkanes of at least 4 members (excludes halogenated alkanes) is 32. The van der Waals surface area contributed by atoms with Crippen LogP contribution in [0.1, 0.15) is 245 Å². The monoisotopic (exact) mass is 761 g/mol. The lowest BCUT2D eigenvalue weighted by Crippen LogP contribution is -2.29. The van der Waals surface area contributed by atoms with E-state index in [0.29, 0.717) is 6.42 Å². The number of esters is 2. The van der Waals surface area contributed by atoms with Gasteiger partial charge in [0.2, 0.25) is 0 Å². The van der Waals surface area contributed by atoms with E-state index in [2.05, 4.69) is 18.4 Å². The number of phosphoric acid groups is 1. The number of carbonyl (C=O) groups excluding carboxylic acids is 2. The molecule has 9 heteroatoms. The number of phosphoric ester groups is 1. The largest absolute Gasteiger partial charge is 0.469 e. The summed E-state index contributed by atoms with van der Waals surface area (Å²) >= 11 is 0. The van der Waals surface area contributed by atoms with Crippen molar-refractivity contribution in [3.63, 3.8) is 0 Å². The fourth-order valence-electron chi connectivity index (χ4n) is 6.79. The summed E-state index contributed by atoms with van der Waals surface area (Å²) in [5, 5.41) is 0.